The van der Waals surface area contributed by atoms with E-state index in [0.29, 0.717) is 16.7 Å². The first-order valence-corrected chi connectivity index (χ1v) is 8.88. The molecule has 0 spiro atoms. The average molecular weight is 379 g/mol. The zero-order valence-corrected chi connectivity index (χ0v) is 16.0. The van der Waals surface area contributed by atoms with Gasteiger partial charge in [0, 0.05) is 22.6 Å². The number of fused-ring (bicyclic) bond motifs is 1. The van der Waals surface area contributed by atoms with Gasteiger partial charge in [-0.15, -0.1) is 0 Å². The van der Waals surface area contributed by atoms with Crippen molar-refractivity contribution in [3.63, 3.8) is 0 Å². The molecule has 3 rings (SSSR count). The van der Waals surface area contributed by atoms with Gasteiger partial charge in [-0.1, -0.05) is 29.8 Å². The van der Waals surface area contributed by atoms with E-state index in [1.165, 1.54) is 6.07 Å². The molecule has 6 heteroatoms. The van der Waals surface area contributed by atoms with E-state index in [2.05, 4.69) is 5.32 Å². The van der Waals surface area contributed by atoms with E-state index in [1.807, 2.05) is 39.0 Å². The average Bonchev–Trinajstić information content (AvgIpc) is 2.67. The zero-order chi connectivity index (χ0) is 20.3. The Balaban J connectivity index is 1.66. The Kier molecular flexibility index (Phi) is 5.59. The smallest absolute Gasteiger partial charge is 0.336 e. The molecule has 3 aromatic rings. The van der Waals surface area contributed by atoms with E-state index in [1.54, 1.807) is 18.2 Å². The summed E-state index contributed by atoms with van der Waals surface area (Å²) in [5.41, 5.74) is 3.86. The molecular weight excluding hydrogens is 358 g/mol. The highest BCUT2D eigenvalue weighted by molar-refractivity contribution is 5.96. The van der Waals surface area contributed by atoms with E-state index >= 15 is 0 Å². The van der Waals surface area contributed by atoms with Gasteiger partial charge in [0.2, 0.25) is 0 Å². The van der Waals surface area contributed by atoms with Gasteiger partial charge in [-0.3, -0.25) is 9.59 Å². The fraction of sp³-hybridized carbons (Fsp3) is 0.227. The summed E-state index contributed by atoms with van der Waals surface area (Å²) in [6.45, 7) is 5.35. The summed E-state index contributed by atoms with van der Waals surface area (Å²) in [6, 6.07) is 12.1. The van der Waals surface area contributed by atoms with Crippen LogP contribution in [0.1, 0.15) is 32.6 Å². The quantitative estimate of drug-likeness (QED) is 0.544. The molecule has 0 aliphatic carbocycles. The third-order valence-electron chi connectivity index (χ3n) is 4.58. The molecule has 2 aromatic carbocycles. The normalized spacial score (nSPS) is 10.7. The molecule has 1 N–H and O–H groups in total. The molecule has 1 heterocycles. The van der Waals surface area contributed by atoms with Crippen LogP contribution in [-0.2, 0) is 16.1 Å². The number of nitrogens with one attached hydrogen (secondary N) is 1. The fourth-order valence-electron chi connectivity index (χ4n) is 2.89. The van der Waals surface area contributed by atoms with Crippen molar-refractivity contribution in [3.05, 3.63) is 80.7 Å². The largest absolute Gasteiger partial charge is 0.459 e. The second-order valence-electron chi connectivity index (χ2n) is 6.69. The zero-order valence-electron chi connectivity index (χ0n) is 16.0. The maximum Gasteiger partial charge on any atom is 0.336 e. The molecule has 6 nitrogen and oxygen atoms in total. The molecule has 28 heavy (non-hydrogen) atoms. The lowest BCUT2D eigenvalue weighted by Crippen LogP contribution is -2.30. The molecule has 1 amide bonds. The minimum absolute atomic E-state index is 0.0796. The number of hydrogen-bond acceptors (Lipinski definition) is 5. The number of aryl methyl sites for hydroxylation is 3. The van der Waals surface area contributed by atoms with Crippen LogP contribution in [0.2, 0.25) is 0 Å². The van der Waals surface area contributed by atoms with Gasteiger partial charge in [0.05, 0.1) is 0 Å². The molecule has 0 fully saturated rings. The predicted molar refractivity (Wildman–Crippen MR) is 105 cm³/mol. The Morgan fingerprint density at radius 2 is 1.86 bits per heavy atom. The van der Waals surface area contributed by atoms with Gasteiger partial charge in [-0.2, -0.15) is 0 Å². The van der Waals surface area contributed by atoms with Crippen molar-refractivity contribution in [3.8, 4) is 0 Å². The maximum absolute atomic E-state index is 12.1. The van der Waals surface area contributed by atoms with Gasteiger partial charge in [0.1, 0.15) is 18.7 Å². The molecule has 0 unspecified atom stereocenters. The number of rotatable bonds is 5. The lowest BCUT2D eigenvalue weighted by atomic mass is 10.0. The minimum atomic E-state index is -0.591. The maximum atomic E-state index is 12.1. The summed E-state index contributed by atoms with van der Waals surface area (Å²) in [6.07, 6.45) is 0. The Morgan fingerprint density at radius 3 is 2.61 bits per heavy atom. The molecule has 144 valence electrons. The van der Waals surface area contributed by atoms with E-state index in [-0.39, 0.29) is 19.1 Å². The van der Waals surface area contributed by atoms with Crippen LogP contribution in [0, 0.1) is 20.8 Å². The van der Waals surface area contributed by atoms with Crippen molar-refractivity contribution >= 4 is 22.8 Å². The Morgan fingerprint density at radius 1 is 1.07 bits per heavy atom. The highest BCUT2D eigenvalue weighted by atomic mass is 16.5. The third kappa shape index (κ3) is 4.28. The number of hydrogen-bond donors (Lipinski definition) is 1. The number of esters is 1. The predicted octanol–water partition coefficient (Wildman–Crippen LogP) is 3.19. The highest BCUT2D eigenvalue weighted by Gasteiger charge is 2.13. The number of carbonyl (C=O) groups is 2. The molecule has 0 saturated heterocycles. The van der Waals surface area contributed by atoms with E-state index in [0.717, 1.165) is 22.1 Å². The van der Waals surface area contributed by atoms with Crippen molar-refractivity contribution in [2.45, 2.75) is 27.4 Å². The first-order chi connectivity index (χ1) is 13.3. The van der Waals surface area contributed by atoms with Crippen molar-refractivity contribution < 1.29 is 18.7 Å². The Bertz CT molecular complexity index is 1110. The first kappa shape index (κ1) is 19.4. The van der Waals surface area contributed by atoms with Crippen molar-refractivity contribution in [2.24, 2.45) is 0 Å². The minimum Gasteiger partial charge on any atom is -0.459 e. The topological polar surface area (TPSA) is 85.6 Å². The highest BCUT2D eigenvalue weighted by Crippen LogP contribution is 2.23. The summed E-state index contributed by atoms with van der Waals surface area (Å²) >= 11 is 0. The summed E-state index contributed by atoms with van der Waals surface area (Å²) < 4.78 is 10.5. The van der Waals surface area contributed by atoms with Crippen LogP contribution in [0.15, 0.2) is 51.7 Å². The lowest BCUT2D eigenvalue weighted by molar-refractivity contribution is -0.143. The summed E-state index contributed by atoms with van der Waals surface area (Å²) in [5, 5.41) is 3.26. The van der Waals surface area contributed by atoms with Gasteiger partial charge in [0.25, 0.3) is 5.91 Å². The molecule has 0 radical (unpaired) electrons. The number of ether oxygens (including phenoxy) is 1. The van der Waals surface area contributed by atoms with Crippen LogP contribution in [0.3, 0.4) is 0 Å². The van der Waals surface area contributed by atoms with Gasteiger partial charge < -0.3 is 14.5 Å². The monoisotopic (exact) mass is 379 g/mol. The van der Waals surface area contributed by atoms with Crippen LogP contribution >= 0.6 is 0 Å². The second-order valence-corrected chi connectivity index (χ2v) is 6.69. The summed E-state index contributed by atoms with van der Waals surface area (Å²) in [7, 11) is 0. The van der Waals surface area contributed by atoms with Crippen molar-refractivity contribution in [2.75, 3.05) is 6.54 Å². The van der Waals surface area contributed by atoms with E-state index in [4.69, 9.17) is 9.15 Å². The Hall–Kier alpha value is -3.41. The van der Waals surface area contributed by atoms with Crippen LogP contribution < -0.4 is 10.9 Å². The van der Waals surface area contributed by atoms with Gasteiger partial charge in [-0.25, -0.2) is 4.79 Å². The summed E-state index contributed by atoms with van der Waals surface area (Å²) in [5.74, 6) is -0.941. The molecule has 1 aromatic heterocycles. The number of amides is 1. The van der Waals surface area contributed by atoms with E-state index < -0.39 is 11.6 Å². The SMILES string of the molecule is Cc1cccc(C(=O)NCC(=O)OCc2cc(=O)oc3c(C)c(C)ccc23)c1. The molecule has 0 atom stereocenters. The first-order valence-electron chi connectivity index (χ1n) is 8.88. The summed E-state index contributed by atoms with van der Waals surface area (Å²) in [4.78, 5) is 36.0. The Labute approximate surface area is 162 Å². The molecule has 0 aliphatic rings. The third-order valence-corrected chi connectivity index (χ3v) is 4.58. The number of benzene rings is 2. The molecule has 0 aliphatic heterocycles. The van der Waals surface area contributed by atoms with E-state index in [9.17, 15) is 14.4 Å². The standard InChI is InChI=1S/C22H21NO5/c1-13-5-4-6-16(9-13)22(26)23-11-20(25)27-12-17-10-19(24)28-21-15(3)14(2)7-8-18(17)21/h4-10H,11-12H2,1-3H3,(H,23,26). The van der Waals surface area contributed by atoms with Gasteiger partial charge in [-0.05, 0) is 44.0 Å². The molecular formula is C22H21NO5. The van der Waals surface area contributed by atoms with Crippen LogP contribution in [0.4, 0.5) is 0 Å². The van der Waals surface area contributed by atoms with Gasteiger partial charge >= 0.3 is 11.6 Å². The molecule has 0 saturated carbocycles. The second kappa shape index (κ2) is 8.08. The van der Waals surface area contributed by atoms with Crippen LogP contribution in [0.5, 0.6) is 0 Å². The van der Waals surface area contributed by atoms with Crippen LogP contribution in [0.25, 0.3) is 11.0 Å². The lowest BCUT2D eigenvalue weighted by Gasteiger charge is -2.10. The van der Waals surface area contributed by atoms with Crippen LogP contribution in [-0.4, -0.2) is 18.4 Å². The van der Waals surface area contributed by atoms with Crippen molar-refractivity contribution in [1.29, 1.82) is 0 Å². The van der Waals surface area contributed by atoms with Gasteiger partial charge in [0.15, 0.2) is 0 Å². The molecule has 0 bridgehead atoms. The number of carbonyl (C=O) groups excluding carboxylic acids is 2. The van der Waals surface area contributed by atoms with Crippen molar-refractivity contribution in [1.82, 2.24) is 5.32 Å². The fourth-order valence-corrected chi connectivity index (χ4v) is 2.89.